The minimum atomic E-state index is -0.356. The van der Waals surface area contributed by atoms with Crippen molar-refractivity contribution in [2.75, 3.05) is 5.75 Å². The number of hydrogen-bond acceptors (Lipinski definition) is 6. The molecule has 2 N–H and O–H groups in total. The number of nitrogens with one attached hydrogen (secondary N) is 2. The van der Waals surface area contributed by atoms with E-state index in [1.54, 1.807) is 4.68 Å². The molecule has 0 saturated heterocycles. The van der Waals surface area contributed by atoms with Gasteiger partial charge in [0.1, 0.15) is 0 Å². The van der Waals surface area contributed by atoms with Gasteiger partial charge in [-0.2, -0.15) is 0 Å². The lowest BCUT2D eigenvalue weighted by Gasteiger charge is -2.56. The SMILES string of the molecule is O=C(CSc1nn(-c2ccccc2)c(=S)s1)NC(=O)NC12CC3CC(CC(C3)C1)C2. The summed E-state index contributed by atoms with van der Waals surface area (Å²) < 4.78 is 3.03. The first-order valence-corrected chi connectivity index (χ1v) is 12.6. The van der Waals surface area contributed by atoms with Crippen LogP contribution in [-0.4, -0.2) is 33.0 Å². The van der Waals surface area contributed by atoms with Gasteiger partial charge in [-0.3, -0.25) is 10.1 Å². The molecule has 6 nitrogen and oxygen atoms in total. The van der Waals surface area contributed by atoms with Crippen molar-refractivity contribution in [1.29, 1.82) is 0 Å². The number of imide groups is 1. The van der Waals surface area contributed by atoms with Gasteiger partial charge in [-0.25, -0.2) is 9.48 Å². The molecular formula is C21H24N4O2S3. The molecule has 2 aromatic rings. The average molecular weight is 461 g/mol. The van der Waals surface area contributed by atoms with Gasteiger partial charge in [-0.05, 0) is 80.6 Å². The Morgan fingerprint density at radius 3 is 2.40 bits per heavy atom. The second kappa shape index (κ2) is 8.09. The largest absolute Gasteiger partial charge is 0.332 e. The predicted octanol–water partition coefficient (Wildman–Crippen LogP) is 4.55. The number of benzene rings is 1. The lowest BCUT2D eigenvalue weighted by molar-refractivity contribution is -0.117. The normalized spacial score (nSPS) is 29.0. The summed E-state index contributed by atoms with van der Waals surface area (Å²) in [5.74, 6) is 2.06. The molecule has 30 heavy (non-hydrogen) atoms. The number of carbonyl (C=O) groups is 2. The van der Waals surface area contributed by atoms with Gasteiger partial charge >= 0.3 is 6.03 Å². The molecule has 4 saturated carbocycles. The standard InChI is InChI=1S/C21H24N4O2S3/c26-17(12-29-19-24-25(20(28)30-19)16-4-2-1-3-5-16)22-18(27)23-21-9-13-6-14(10-21)8-15(7-13)11-21/h1-5,13-15H,6-12H2,(H2,22,23,26,27). The summed E-state index contributed by atoms with van der Waals surface area (Å²) in [4.78, 5) is 24.8. The van der Waals surface area contributed by atoms with Crippen LogP contribution in [0.2, 0.25) is 0 Å². The summed E-state index contributed by atoms with van der Waals surface area (Å²) in [5.41, 5.74) is 0.796. The zero-order valence-corrected chi connectivity index (χ0v) is 19.0. The first-order chi connectivity index (χ1) is 14.5. The number of thioether (sulfide) groups is 1. The summed E-state index contributed by atoms with van der Waals surface area (Å²) in [6.07, 6.45) is 7.15. The van der Waals surface area contributed by atoms with Crippen LogP contribution >= 0.6 is 35.3 Å². The maximum Gasteiger partial charge on any atom is 0.321 e. The number of nitrogens with zero attached hydrogens (tertiary/aromatic N) is 2. The van der Waals surface area contributed by atoms with Crippen molar-refractivity contribution in [2.45, 2.75) is 48.4 Å². The van der Waals surface area contributed by atoms with Crippen LogP contribution < -0.4 is 10.6 Å². The molecule has 9 heteroatoms. The van der Waals surface area contributed by atoms with E-state index < -0.39 is 0 Å². The predicted molar refractivity (Wildman–Crippen MR) is 121 cm³/mol. The lowest BCUT2D eigenvalue weighted by Crippen LogP contribution is -2.61. The second-order valence-corrected chi connectivity index (χ2v) is 11.7. The summed E-state index contributed by atoms with van der Waals surface area (Å²) in [7, 11) is 0. The quantitative estimate of drug-likeness (QED) is 0.506. The van der Waals surface area contributed by atoms with Crippen LogP contribution in [0.1, 0.15) is 38.5 Å². The zero-order valence-electron chi connectivity index (χ0n) is 16.5. The molecule has 1 aromatic carbocycles. The molecule has 6 rings (SSSR count). The van der Waals surface area contributed by atoms with Crippen LogP contribution in [0.4, 0.5) is 4.79 Å². The Hall–Kier alpha value is -1.71. The van der Waals surface area contributed by atoms with Crippen molar-refractivity contribution in [3.05, 3.63) is 34.3 Å². The average Bonchev–Trinajstić information content (AvgIpc) is 3.06. The number of rotatable bonds is 5. The van der Waals surface area contributed by atoms with E-state index in [1.165, 1.54) is 42.4 Å². The number of amides is 3. The molecule has 0 aliphatic heterocycles. The van der Waals surface area contributed by atoms with E-state index >= 15 is 0 Å². The van der Waals surface area contributed by atoms with E-state index in [2.05, 4.69) is 15.7 Å². The van der Waals surface area contributed by atoms with E-state index in [0.717, 1.165) is 42.7 Å². The van der Waals surface area contributed by atoms with Crippen LogP contribution in [0.5, 0.6) is 0 Å². The maximum atomic E-state index is 12.5. The second-order valence-electron chi connectivity index (χ2n) is 8.87. The molecule has 0 unspecified atom stereocenters. The minimum Gasteiger partial charge on any atom is -0.332 e. The maximum absolute atomic E-state index is 12.5. The monoisotopic (exact) mass is 460 g/mol. The van der Waals surface area contributed by atoms with Crippen molar-refractivity contribution in [3.63, 3.8) is 0 Å². The fourth-order valence-corrected chi connectivity index (χ4v) is 8.04. The Kier molecular flexibility index (Phi) is 5.45. The van der Waals surface area contributed by atoms with Crippen molar-refractivity contribution in [1.82, 2.24) is 20.4 Å². The highest BCUT2D eigenvalue weighted by atomic mass is 32.2. The van der Waals surface area contributed by atoms with E-state index in [0.29, 0.717) is 8.29 Å². The Balaban J connectivity index is 1.15. The van der Waals surface area contributed by atoms with E-state index in [1.807, 2.05) is 30.3 Å². The number of aromatic nitrogens is 2. The number of hydrogen-bond donors (Lipinski definition) is 2. The van der Waals surface area contributed by atoms with Crippen LogP contribution in [0.3, 0.4) is 0 Å². The van der Waals surface area contributed by atoms with Gasteiger partial charge in [-0.1, -0.05) is 41.3 Å². The van der Waals surface area contributed by atoms with Crippen molar-refractivity contribution in [3.8, 4) is 5.69 Å². The molecule has 158 valence electrons. The molecule has 4 bridgehead atoms. The van der Waals surface area contributed by atoms with Crippen LogP contribution in [0.25, 0.3) is 5.69 Å². The summed E-state index contributed by atoms with van der Waals surface area (Å²) in [6.45, 7) is 0. The Bertz CT molecular complexity index is 981. The minimum absolute atomic E-state index is 0.0972. The van der Waals surface area contributed by atoms with Crippen molar-refractivity contribution in [2.24, 2.45) is 17.8 Å². The van der Waals surface area contributed by atoms with Crippen LogP contribution in [-0.2, 0) is 4.79 Å². The third-order valence-corrected chi connectivity index (χ3v) is 8.89. The summed E-state index contributed by atoms with van der Waals surface area (Å²) in [6, 6.07) is 9.31. The fraction of sp³-hybridized carbons (Fsp3) is 0.524. The third kappa shape index (κ3) is 4.20. The van der Waals surface area contributed by atoms with Gasteiger partial charge in [0.25, 0.3) is 0 Å². The zero-order chi connectivity index (χ0) is 20.7. The molecule has 0 radical (unpaired) electrons. The van der Waals surface area contributed by atoms with E-state index in [9.17, 15) is 9.59 Å². The summed E-state index contributed by atoms with van der Waals surface area (Å²) >= 11 is 8.05. The topological polar surface area (TPSA) is 76.0 Å². The van der Waals surface area contributed by atoms with Gasteiger partial charge < -0.3 is 5.32 Å². The van der Waals surface area contributed by atoms with Crippen molar-refractivity contribution < 1.29 is 9.59 Å². The van der Waals surface area contributed by atoms with Gasteiger partial charge in [-0.15, -0.1) is 5.10 Å². The highest BCUT2D eigenvalue weighted by molar-refractivity contribution is 8.01. The highest BCUT2D eigenvalue weighted by Gasteiger charge is 2.51. The Morgan fingerprint density at radius 1 is 1.13 bits per heavy atom. The molecule has 0 spiro atoms. The molecule has 4 aliphatic rings. The molecule has 1 heterocycles. The molecule has 4 fully saturated rings. The molecule has 0 atom stereocenters. The van der Waals surface area contributed by atoms with Gasteiger partial charge in [0, 0.05) is 5.54 Å². The van der Waals surface area contributed by atoms with E-state index in [4.69, 9.17) is 12.2 Å². The first kappa shape index (κ1) is 20.2. The highest BCUT2D eigenvalue weighted by Crippen LogP contribution is 2.55. The summed E-state index contributed by atoms with van der Waals surface area (Å²) in [5, 5.41) is 10.2. The molecule has 4 aliphatic carbocycles. The van der Waals surface area contributed by atoms with Crippen LogP contribution in [0.15, 0.2) is 34.7 Å². The lowest BCUT2D eigenvalue weighted by atomic mass is 9.53. The fourth-order valence-electron chi connectivity index (χ4n) is 5.88. The van der Waals surface area contributed by atoms with Gasteiger partial charge in [0.05, 0.1) is 11.4 Å². The molecule has 3 amide bonds. The number of urea groups is 1. The molecule has 1 aromatic heterocycles. The number of carbonyl (C=O) groups excluding carboxylic acids is 2. The van der Waals surface area contributed by atoms with Gasteiger partial charge in [0.2, 0.25) is 5.91 Å². The number of para-hydroxylation sites is 1. The van der Waals surface area contributed by atoms with Crippen molar-refractivity contribution >= 4 is 47.3 Å². The Morgan fingerprint density at radius 2 is 1.77 bits per heavy atom. The molecular weight excluding hydrogens is 436 g/mol. The first-order valence-electron chi connectivity index (χ1n) is 10.4. The third-order valence-electron chi connectivity index (χ3n) is 6.53. The smallest absolute Gasteiger partial charge is 0.321 e. The Labute approximate surface area is 188 Å². The van der Waals surface area contributed by atoms with Crippen LogP contribution in [0, 0.1) is 21.7 Å². The van der Waals surface area contributed by atoms with Gasteiger partial charge in [0.15, 0.2) is 8.29 Å². The van der Waals surface area contributed by atoms with E-state index in [-0.39, 0.29) is 23.2 Å².